The van der Waals surface area contributed by atoms with E-state index in [9.17, 15) is 14.7 Å². The maximum atomic E-state index is 13.6. The highest BCUT2D eigenvalue weighted by atomic mass is 16.3. The minimum absolute atomic E-state index is 0.117. The predicted molar refractivity (Wildman–Crippen MR) is 110 cm³/mol. The van der Waals surface area contributed by atoms with Gasteiger partial charge in [0.2, 0.25) is 11.8 Å². The number of aliphatic hydroxyl groups excluding tert-OH is 1. The standard InChI is InChI=1S/C20H31N7O3/c1-11-16(12(2)25(7)23-11)14-10-27(24-22-14)17(20(3,4)5)19(30)26-9-13(28)8-15(26)18(29)21-6/h10,13,15,17,28H,8-9H2,1-7H3,(H,21,29)/t13?,15-,17?/m1/s1. The van der Waals surface area contributed by atoms with Gasteiger partial charge >= 0.3 is 0 Å². The van der Waals surface area contributed by atoms with E-state index in [1.54, 1.807) is 15.6 Å². The molecule has 10 heteroatoms. The number of hydrogen-bond acceptors (Lipinski definition) is 6. The van der Waals surface area contributed by atoms with Gasteiger partial charge in [0.25, 0.3) is 0 Å². The Bertz CT molecular complexity index is 956. The van der Waals surface area contributed by atoms with Crippen molar-refractivity contribution >= 4 is 11.8 Å². The lowest BCUT2D eigenvalue weighted by molar-refractivity contribution is -0.144. The molecule has 2 aromatic heterocycles. The topological polar surface area (TPSA) is 118 Å². The van der Waals surface area contributed by atoms with E-state index < -0.39 is 23.6 Å². The number of carbonyl (C=O) groups excluding carboxylic acids is 2. The molecule has 3 heterocycles. The van der Waals surface area contributed by atoms with Crippen molar-refractivity contribution in [3.8, 4) is 11.3 Å². The lowest BCUT2D eigenvalue weighted by Crippen LogP contribution is -2.49. The van der Waals surface area contributed by atoms with Crippen molar-refractivity contribution in [2.75, 3.05) is 13.6 Å². The molecule has 3 atom stereocenters. The van der Waals surface area contributed by atoms with Crippen LogP contribution < -0.4 is 5.32 Å². The summed E-state index contributed by atoms with van der Waals surface area (Å²) in [4.78, 5) is 27.3. The fourth-order valence-corrected chi connectivity index (χ4v) is 4.17. The van der Waals surface area contributed by atoms with Crippen LogP contribution in [0.15, 0.2) is 6.20 Å². The second-order valence-electron chi connectivity index (χ2n) is 9.03. The molecule has 0 radical (unpaired) electrons. The fraction of sp³-hybridized carbons (Fsp3) is 0.650. The molecule has 2 amide bonds. The molecular formula is C20H31N7O3. The van der Waals surface area contributed by atoms with Crippen LogP contribution in [0.5, 0.6) is 0 Å². The van der Waals surface area contributed by atoms with Crippen LogP contribution in [0.1, 0.15) is 44.6 Å². The Labute approximate surface area is 176 Å². The first kappa shape index (κ1) is 21.9. The maximum absolute atomic E-state index is 13.6. The third-order valence-electron chi connectivity index (χ3n) is 5.71. The molecule has 0 aromatic carbocycles. The monoisotopic (exact) mass is 417 g/mol. The van der Waals surface area contributed by atoms with Gasteiger partial charge in [-0.2, -0.15) is 5.10 Å². The third kappa shape index (κ3) is 3.83. The van der Waals surface area contributed by atoms with E-state index in [0.29, 0.717) is 5.69 Å². The van der Waals surface area contributed by atoms with Gasteiger partial charge in [0.05, 0.1) is 18.0 Å². The van der Waals surface area contributed by atoms with Gasteiger partial charge in [-0.25, -0.2) is 4.68 Å². The molecule has 164 valence electrons. The Morgan fingerprint density at radius 2 is 1.97 bits per heavy atom. The van der Waals surface area contributed by atoms with Crippen LogP contribution in [0.3, 0.4) is 0 Å². The first-order chi connectivity index (χ1) is 14.0. The van der Waals surface area contributed by atoms with Crippen molar-refractivity contribution in [1.82, 2.24) is 35.0 Å². The molecule has 2 N–H and O–H groups in total. The lowest BCUT2D eigenvalue weighted by atomic mass is 9.85. The molecule has 30 heavy (non-hydrogen) atoms. The highest BCUT2D eigenvalue weighted by molar-refractivity contribution is 5.90. The second kappa shape index (κ2) is 7.82. The SMILES string of the molecule is CNC(=O)[C@H]1CC(O)CN1C(=O)C(n1cc(-c2c(C)nn(C)c2C)nn1)C(C)(C)C. The average Bonchev–Trinajstić information content (AvgIpc) is 3.32. The van der Waals surface area contributed by atoms with E-state index >= 15 is 0 Å². The van der Waals surface area contributed by atoms with Crippen molar-refractivity contribution in [3.05, 3.63) is 17.6 Å². The number of nitrogens with zero attached hydrogens (tertiary/aromatic N) is 6. The zero-order chi connectivity index (χ0) is 22.4. The van der Waals surface area contributed by atoms with E-state index in [0.717, 1.165) is 17.0 Å². The summed E-state index contributed by atoms with van der Waals surface area (Å²) in [6, 6.07) is -1.39. The second-order valence-corrected chi connectivity index (χ2v) is 9.03. The van der Waals surface area contributed by atoms with Crippen molar-refractivity contribution in [1.29, 1.82) is 0 Å². The van der Waals surface area contributed by atoms with Crippen LogP contribution in [-0.2, 0) is 16.6 Å². The van der Waals surface area contributed by atoms with E-state index in [1.807, 2.05) is 41.7 Å². The van der Waals surface area contributed by atoms with Crippen LogP contribution >= 0.6 is 0 Å². The summed E-state index contributed by atoms with van der Waals surface area (Å²) in [5.74, 6) is -0.544. The lowest BCUT2D eigenvalue weighted by Gasteiger charge is -2.34. The number of aromatic nitrogens is 5. The number of aryl methyl sites for hydroxylation is 2. The first-order valence-corrected chi connectivity index (χ1v) is 10.1. The summed E-state index contributed by atoms with van der Waals surface area (Å²) in [5, 5.41) is 25.7. The first-order valence-electron chi connectivity index (χ1n) is 10.1. The van der Waals surface area contributed by atoms with Gasteiger partial charge in [-0.3, -0.25) is 14.3 Å². The van der Waals surface area contributed by atoms with Gasteiger partial charge in [0.15, 0.2) is 0 Å². The zero-order valence-electron chi connectivity index (χ0n) is 18.7. The molecular weight excluding hydrogens is 386 g/mol. The smallest absolute Gasteiger partial charge is 0.248 e. The highest BCUT2D eigenvalue weighted by Gasteiger charge is 2.45. The normalized spacial score (nSPS) is 20.5. The Balaban J connectivity index is 1.99. The van der Waals surface area contributed by atoms with Gasteiger partial charge in [0.1, 0.15) is 17.8 Å². The van der Waals surface area contributed by atoms with Crippen LogP contribution in [0.4, 0.5) is 0 Å². The van der Waals surface area contributed by atoms with Crippen molar-refractivity contribution in [2.45, 2.75) is 59.2 Å². The summed E-state index contributed by atoms with van der Waals surface area (Å²) in [6.07, 6.45) is 1.24. The van der Waals surface area contributed by atoms with Crippen molar-refractivity contribution in [2.24, 2.45) is 12.5 Å². The van der Waals surface area contributed by atoms with Gasteiger partial charge in [-0.1, -0.05) is 26.0 Å². The van der Waals surface area contributed by atoms with Crippen LogP contribution in [0.2, 0.25) is 0 Å². The number of aliphatic hydroxyl groups is 1. The van der Waals surface area contributed by atoms with Gasteiger partial charge in [0, 0.05) is 38.3 Å². The molecule has 2 unspecified atom stereocenters. The summed E-state index contributed by atoms with van der Waals surface area (Å²) >= 11 is 0. The zero-order valence-corrected chi connectivity index (χ0v) is 18.7. The summed E-state index contributed by atoms with van der Waals surface area (Å²) in [7, 11) is 3.40. The molecule has 1 saturated heterocycles. The van der Waals surface area contributed by atoms with Gasteiger partial charge < -0.3 is 15.3 Å². The summed E-state index contributed by atoms with van der Waals surface area (Å²) in [5.41, 5.74) is 2.83. The Morgan fingerprint density at radius 3 is 2.50 bits per heavy atom. The third-order valence-corrected chi connectivity index (χ3v) is 5.71. The minimum Gasteiger partial charge on any atom is -0.391 e. The summed E-state index contributed by atoms with van der Waals surface area (Å²) < 4.78 is 3.35. The molecule has 0 bridgehead atoms. The number of hydrogen-bond donors (Lipinski definition) is 2. The van der Waals surface area contributed by atoms with Crippen LogP contribution in [-0.4, -0.2) is 72.3 Å². The number of carbonyl (C=O) groups is 2. The fourth-order valence-electron chi connectivity index (χ4n) is 4.17. The minimum atomic E-state index is -0.733. The highest BCUT2D eigenvalue weighted by Crippen LogP contribution is 2.35. The molecule has 0 spiro atoms. The number of likely N-dealkylation sites (tertiary alicyclic amines) is 1. The molecule has 0 saturated carbocycles. The Hall–Kier alpha value is -2.75. The number of nitrogens with one attached hydrogen (secondary N) is 1. The molecule has 1 aliphatic rings. The Morgan fingerprint density at radius 1 is 1.30 bits per heavy atom. The Kier molecular flexibility index (Phi) is 5.72. The van der Waals surface area contributed by atoms with E-state index in [2.05, 4.69) is 20.7 Å². The van der Waals surface area contributed by atoms with Gasteiger partial charge in [-0.05, 0) is 19.3 Å². The van der Waals surface area contributed by atoms with E-state index in [1.165, 1.54) is 11.9 Å². The molecule has 2 aromatic rings. The summed E-state index contributed by atoms with van der Waals surface area (Å²) in [6.45, 7) is 9.82. The molecule has 3 rings (SSSR count). The average molecular weight is 418 g/mol. The van der Waals surface area contributed by atoms with E-state index in [-0.39, 0.29) is 24.8 Å². The maximum Gasteiger partial charge on any atom is 0.248 e. The van der Waals surface area contributed by atoms with E-state index in [4.69, 9.17) is 0 Å². The van der Waals surface area contributed by atoms with Crippen LogP contribution in [0, 0.1) is 19.3 Å². The number of likely N-dealkylation sites (N-methyl/N-ethyl adjacent to an activating group) is 1. The molecule has 1 aliphatic heterocycles. The molecule has 1 fully saturated rings. The molecule has 0 aliphatic carbocycles. The van der Waals surface area contributed by atoms with Crippen molar-refractivity contribution in [3.63, 3.8) is 0 Å². The number of amides is 2. The molecule has 10 nitrogen and oxygen atoms in total. The van der Waals surface area contributed by atoms with Gasteiger partial charge in [-0.15, -0.1) is 5.10 Å². The number of β-amino-alcohol motifs (C(OH)–C–C–N with tert-alkyl or cyclic N) is 1. The van der Waals surface area contributed by atoms with Crippen molar-refractivity contribution < 1.29 is 14.7 Å². The largest absolute Gasteiger partial charge is 0.391 e. The predicted octanol–water partition coefficient (Wildman–Crippen LogP) is 0.590. The quantitative estimate of drug-likeness (QED) is 0.752. The number of rotatable bonds is 4. The van der Waals surface area contributed by atoms with Crippen LogP contribution in [0.25, 0.3) is 11.3 Å².